The maximum Gasteiger partial charge on any atom is 0.471 e. The number of carbonyl (C=O) groups is 1. The van der Waals surface area contributed by atoms with Gasteiger partial charge >= 0.3 is 12.1 Å². The number of aliphatic hydroxyl groups excluding tert-OH is 1. The molecule has 1 aromatic rings. The lowest BCUT2D eigenvalue weighted by molar-refractivity contribution is -0.174. The molecule has 0 saturated heterocycles. The number of benzene rings is 1. The SMILES string of the molecule is O=C(NC1CCC(O)c2ccccc21)C(F)(F)F. The van der Waals surface area contributed by atoms with Crippen LogP contribution in [0.2, 0.25) is 0 Å². The Morgan fingerprint density at radius 3 is 2.44 bits per heavy atom. The monoisotopic (exact) mass is 259 g/mol. The first kappa shape index (κ1) is 12.9. The zero-order chi connectivity index (χ0) is 13.3. The number of halogens is 3. The first-order chi connectivity index (χ1) is 8.39. The minimum absolute atomic E-state index is 0.292. The Hall–Kier alpha value is -1.56. The van der Waals surface area contributed by atoms with Crippen molar-refractivity contribution in [1.29, 1.82) is 0 Å². The van der Waals surface area contributed by atoms with Crippen LogP contribution in [0.5, 0.6) is 0 Å². The fourth-order valence-corrected chi connectivity index (χ4v) is 2.16. The molecule has 98 valence electrons. The molecule has 3 nitrogen and oxygen atoms in total. The maximum atomic E-state index is 12.2. The molecular formula is C12H12F3NO2. The largest absolute Gasteiger partial charge is 0.471 e. The van der Waals surface area contributed by atoms with E-state index in [1.807, 2.05) is 5.32 Å². The van der Waals surface area contributed by atoms with E-state index in [4.69, 9.17) is 0 Å². The lowest BCUT2D eigenvalue weighted by atomic mass is 9.86. The fourth-order valence-electron chi connectivity index (χ4n) is 2.16. The van der Waals surface area contributed by atoms with Gasteiger partial charge in [0.2, 0.25) is 0 Å². The highest BCUT2D eigenvalue weighted by molar-refractivity contribution is 5.82. The normalized spacial score (nSPS) is 23.3. The van der Waals surface area contributed by atoms with Crippen LogP contribution in [0.25, 0.3) is 0 Å². The van der Waals surface area contributed by atoms with E-state index in [1.165, 1.54) is 0 Å². The molecule has 0 heterocycles. The van der Waals surface area contributed by atoms with E-state index in [2.05, 4.69) is 0 Å². The molecule has 0 fully saturated rings. The van der Waals surface area contributed by atoms with E-state index in [-0.39, 0.29) is 0 Å². The standard InChI is InChI=1S/C12H12F3NO2/c13-12(14,15)11(18)16-9-5-6-10(17)8-4-2-1-3-7(8)9/h1-4,9-10,17H,5-6H2,(H,16,18). The Bertz CT molecular complexity index is 459. The van der Waals surface area contributed by atoms with Gasteiger partial charge in [0.25, 0.3) is 0 Å². The van der Waals surface area contributed by atoms with Crippen molar-refractivity contribution in [3.8, 4) is 0 Å². The summed E-state index contributed by atoms with van der Waals surface area (Å²) < 4.78 is 36.6. The van der Waals surface area contributed by atoms with Crippen molar-refractivity contribution in [2.45, 2.75) is 31.2 Å². The number of amides is 1. The minimum atomic E-state index is -4.88. The molecule has 0 bridgehead atoms. The third-order valence-electron chi connectivity index (χ3n) is 3.02. The number of hydrogen-bond donors (Lipinski definition) is 2. The van der Waals surface area contributed by atoms with Crippen LogP contribution in [0.15, 0.2) is 24.3 Å². The Kier molecular flexibility index (Phi) is 3.30. The Morgan fingerprint density at radius 2 is 1.83 bits per heavy atom. The van der Waals surface area contributed by atoms with Gasteiger partial charge in [0.1, 0.15) is 0 Å². The van der Waals surface area contributed by atoms with Crippen LogP contribution in [0, 0.1) is 0 Å². The molecule has 2 unspecified atom stereocenters. The summed E-state index contributed by atoms with van der Waals surface area (Å²) in [6.45, 7) is 0. The summed E-state index contributed by atoms with van der Waals surface area (Å²) in [5.41, 5.74) is 1.13. The lowest BCUT2D eigenvalue weighted by Gasteiger charge is -2.29. The van der Waals surface area contributed by atoms with E-state index in [0.717, 1.165) is 0 Å². The molecule has 2 rings (SSSR count). The summed E-state index contributed by atoms with van der Waals surface area (Å²) in [5, 5.41) is 11.7. The molecule has 18 heavy (non-hydrogen) atoms. The molecule has 0 saturated carbocycles. The molecule has 0 aliphatic heterocycles. The fraction of sp³-hybridized carbons (Fsp3) is 0.417. The van der Waals surface area contributed by atoms with Crippen LogP contribution < -0.4 is 5.32 Å². The highest BCUT2D eigenvalue weighted by Crippen LogP contribution is 2.36. The molecule has 1 amide bonds. The predicted octanol–water partition coefficient (Wildman–Crippen LogP) is 2.23. The molecule has 2 atom stereocenters. The van der Waals surface area contributed by atoms with Crippen LogP contribution in [-0.4, -0.2) is 17.2 Å². The molecular weight excluding hydrogens is 247 g/mol. The summed E-state index contributed by atoms with van der Waals surface area (Å²) in [7, 11) is 0. The van der Waals surface area contributed by atoms with Crippen molar-refractivity contribution >= 4 is 5.91 Å². The van der Waals surface area contributed by atoms with Gasteiger partial charge in [-0.3, -0.25) is 4.79 Å². The van der Waals surface area contributed by atoms with E-state index >= 15 is 0 Å². The Morgan fingerprint density at radius 1 is 1.22 bits per heavy atom. The van der Waals surface area contributed by atoms with Crippen molar-refractivity contribution in [3.63, 3.8) is 0 Å². The first-order valence-corrected chi connectivity index (χ1v) is 5.54. The minimum Gasteiger partial charge on any atom is -0.388 e. The molecule has 0 radical (unpaired) electrons. The van der Waals surface area contributed by atoms with Gasteiger partial charge in [-0.2, -0.15) is 13.2 Å². The Labute approximate surface area is 102 Å². The maximum absolute atomic E-state index is 12.2. The number of fused-ring (bicyclic) bond motifs is 1. The first-order valence-electron chi connectivity index (χ1n) is 5.54. The quantitative estimate of drug-likeness (QED) is 0.812. The number of alkyl halides is 3. The molecule has 1 aliphatic carbocycles. The average molecular weight is 259 g/mol. The van der Waals surface area contributed by atoms with Crippen molar-refractivity contribution in [2.24, 2.45) is 0 Å². The van der Waals surface area contributed by atoms with Crippen molar-refractivity contribution in [2.75, 3.05) is 0 Å². The summed E-state index contributed by atoms with van der Waals surface area (Å²) >= 11 is 0. The van der Waals surface area contributed by atoms with E-state index < -0.39 is 24.2 Å². The van der Waals surface area contributed by atoms with Gasteiger partial charge in [0, 0.05) is 0 Å². The van der Waals surface area contributed by atoms with E-state index in [9.17, 15) is 23.1 Å². The topological polar surface area (TPSA) is 49.3 Å². The molecule has 1 aromatic carbocycles. The van der Waals surface area contributed by atoms with Crippen LogP contribution in [0.1, 0.15) is 36.1 Å². The second-order valence-electron chi connectivity index (χ2n) is 4.25. The predicted molar refractivity (Wildman–Crippen MR) is 57.6 cm³/mol. The zero-order valence-electron chi connectivity index (χ0n) is 9.37. The number of hydrogen-bond acceptors (Lipinski definition) is 2. The van der Waals surface area contributed by atoms with Crippen molar-refractivity contribution in [3.05, 3.63) is 35.4 Å². The zero-order valence-corrected chi connectivity index (χ0v) is 9.37. The van der Waals surface area contributed by atoms with Crippen LogP contribution in [0.3, 0.4) is 0 Å². The third-order valence-corrected chi connectivity index (χ3v) is 3.02. The van der Waals surface area contributed by atoms with Gasteiger partial charge in [-0.15, -0.1) is 0 Å². The average Bonchev–Trinajstić information content (AvgIpc) is 2.32. The summed E-state index contributed by atoms with van der Waals surface area (Å²) in [5.74, 6) is -1.95. The van der Waals surface area contributed by atoms with Crippen LogP contribution >= 0.6 is 0 Å². The Balaban J connectivity index is 2.22. The van der Waals surface area contributed by atoms with Gasteiger partial charge in [0.05, 0.1) is 12.1 Å². The lowest BCUT2D eigenvalue weighted by Crippen LogP contribution is -2.40. The van der Waals surface area contributed by atoms with Crippen LogP contribution in [0.4, 0.5) is 13.2 Å². The third kappa shape index (κ3) is 2.48. The van der Waals surface area contributed by atoms with E-state index in [1.54, 1.807) is 24.3 Å². The second kappa shape index (κ2) is 4.61. The van der Waals surface area contributed by atoms with Gasteiger partial charge in [-0.25, -0.2) is 0 Å². The van der Waals surface area contributed by atoms with Crippen molar-refractivity contribution in [1.82, 2.24) is 5.32 Å². The van der Waals surface area contributed by atoms with Crippen LogP contribution in [-0.2, 0) is 4.79 Å². The highest BCUT2D eigenvalue weighted by atomic mass is 19.4. The molecule has 0 spiro atoms. The summed E-state index contributed by atoms with van der Waals surface area (Å²) in [6.07, 6.45) is -4.94. The van der Waals surface area contributed by atoms with Gasteiger partial charge < -0.3 is 10.4 Å². The summed E-state index contributed by atoms with van der Waals surface area (Å²) in [4.78, 5) is 10.9. The molecule has 0 aromatic heterocycles. The van der Waals surface area contributed by atoms with Gasteiger partial charge in [0.15, 0.2) is 0 Å². The smallest absolute Gasteiger partial charge is 0.388 e. The molecule has 6 heteroatoms. The second-order valence-corrected chi connectivity index (χ2v) is 4.25. The highest BCUT2D eigenvalue weighted by Gasteiger charge is 2.40. The summed E-state index contributed by atoms with van der Waals surface area (Å²) in [6, 6.07) is 5.96. The number of rotatable bonds is 1. The van der Waals surface area contributed by atoms with E-state index in [0.29, 0.717) is 24.0 Å². The van der Waals surface area contributed by atoms with Gasteiger partial charge in [-0.1, -0.05) is 24.3 Å². The molecule has 2 N–H and O–H groups in total. The van der Waals surface area contributed by atoms with Crippen molar-refractivity contribution < 1.29 is 23.1 Å². The number of carbonyl (C=O) groups excluding carboxylic acids is 1. The number of nitrogens with one attached hydrogen (secondary N) is 1. The molecule has 1 aliphatic rings. The number of aliphatic hydroxyl groups is 1. The van der Waals surface area contributed by atoms with Gasteiger partial charge in [-0.05, 0) is 24.0 Å².